The molecule has 10 heavy (non-hydrogen) atoms. The molecule has 1 aliphatic rings. The molecule has 2 N–H and O–H groups in total. The maximum atomic E-state index is 9.37. The van der Waals surface area contributed by atoms with E-state index in [9.17, 15) is 10.2 Å². The van der Waals surface area contributed by atoms with E-state index in [1.807, 2.05) is 6.92 Å². The maximum absolute atomic E-state index is 9.37. The van der Waals surface area contributed by atoms with Crippen molar-refractivity contribution in [3.05, 3.63) is 0 Å². The molecule has 60 valence electrons. The highest BCUT2D eigenvalue weighted by atomic mass is 16.3. The second-order valence-corrected chi connectivity index (χ2v) is 3.28. The fraction of sp³-hybridized carbons (Fsp3) is 1.00. The molecule has 1 rings (SSSR count). The molecule has 2 unspecified atom stereocenters. The molecular formula is C8H16O2. The zero-order valence-corrected chi connectivity index (χ0v) is 6.45. The largest absolute Gasteiger partial charge is 0.393 e. The summed E-state index contributed by atoms with van der Waals surface area (Å²) in [6.45, 7) is 1.92. The first-order chi connectivity index (χ1) is 4.72. The fourth-order valence-corrected chi connectivity index (χ4v) is 1.49. The molecule has 0 heterocycles. The second-order valence-electron chi connectivity index (χ2n) is 3.28. The van der Waals surface area contributed by atoms with Crippen LogP contribution in [0.15, 0.2) is 0 Å². The van der Waals surface area contributed by atoms with Crippen LogP contribution in [-0.4, -0.2) is 22.4 Å². The van der Waals surface area contributed by atoms with Crippen molar-refractivity contribution in [2.75, 3.05) is 0 Å². The first kappa shape index (κ1) is 8.02. The van der Waals surface area contributed by atoms with E-state index in [4.69, 9.17) is 0 Å². The van der Waals surface area contributed by atoms with E-state index < -0.39 is 0 Å². The van der Waals surface area contributed by atoms with Crippen molar-refractivity contribution in [3.63, 3.8) is 0 Å². The van der Waals surface area contributed by atoms with E-state index in [1.54, 1.807) is 0 Å². The topological polar surface area (TPSA) is 40.5 Å². The van der Waals surface area contributed by atoms with Gasteiger partial charge in [-0.05, 0) is 12.8 Å². The lowest BCUT2D eigenvalue weighted by atomic mass is 9.97. The zero-order valence-electron chi connectivity index (χ0n) is 6.45. The molecule has 1 saturated carbocycles. The van der Waals surface area contributed by atoms with Crippen molar-refractivity contribution in [1.82, 2.24) is 0 Å². The summed E-state index contributed by atoms with van der Waals surface area (Å²) < 4.78 is 0. The van der Waals surface area contributed by atoms with Crippen LogP contribution in [0, 0.1) is 5.92 Å². The monoisotopic (exact) mass is 144 g/mol. The molecular weight excluding hydrogens is 128 g/mol. The van der Waals surface area contributed by atoms with E-state index in [1.165, 1.54) is 0 Å². The summed E-state index contributed by atoms with van der Waals surface area (Å²) in [6, 6.07) is 0. The van der Waals surface area contributed by atoms with Gasteiger partial charge in [-0.1, -0.05) is 19.8 Å². The molecule has 0 aliphatic heterocycles. The van der Waals surface area contributed by atoms with Gasteiger partial charge < -0.3 is 10.2 Å². The van der Waals surface area contributed by atoms with E-state index in [0.717, 1.165) is 25.7 Å². The number of hydrogen-bond donors (Lipinski definition) is 2. The number of rotatable bonds is 0. The number of aliphatic hydroxyl groups is 2. The molecule has 0 amide bonds. The van der Waals surface area contributed by atoms with Gasteiger partial charge in [0.2, 0.25) is 0 Å². The van der Waals surface area contributed by atoms with Crippen LogP contribution in [-0.2, 0) is 0 Å². The highest BCUT2D eigenvalue weighted by Crippen LogP contribution is 2.22. The van der Waals surface area contributed by atoms with E-state index in [2.05, 4.69) is 0 Å². The minimum atomic E-state index is -0.280. The third kappa shape index (κ3) is 1.70. The van der Waals surface area contributed by atoms with Crippen molar-refractivity contribution in [2.24, 2.45) is 5.92 Å². The third-order valence-electron chi connectivity index (χ3n) is 2.46. The lowest BCUT2D eigenvalue weighted by Crippen LogP contribution is -2.26. The van der Waals surface area contributed by atoms with E-state index in [0.29, 0.717) is 0 Å². The Labute approximate surface area is 61.9 Å². The van der Waals surface area contributed by atoms with Crippen molar-refractivity contribution in [2.45, 2.75) is 44.8 Å². The highest BCUT2D eigenvalue weighted by molar-refractivity contribution is 4.75. The molecule has 0 bridgehead atoms. The zero-order chi connectivity index (χ0) is 7.56. The Morgan fingerprint density at radius 1 is 1.00 bits per heavy atom. The summed E-state index contributed by atoms with van der Waals surface area (Å²) in [5.74, 6) is 0.0718. The molecule has 0 spiro atoms. The lowest BCUT2D eigenvalue weighted by molar-refractivity contribution is 0.0262. The third-order valence-corrected chi connectivity index (χ3v) is 2.46. The van der Waals surface area contributed by atoms with Crippen LogP contribution in [0.25, 0.3) is 0 Å². The van der Waals surface area contributed by atoms with Crippen LogP contribution in [0.4, 0.5) is 0 Å². The first-order valence-electron chi connectivity index (χ1n) is 4.08. The normalized spacial score (nSPS) is 42.9. The Bertz CT molecular complexity index is 91.4. The van der Waals surface area contributed by atoms with Gasteiger partial charge in [-0.2, -0.15) is 0 Å². The fourth-order valence-electron chi connectivity index (χ4n) is 1.49. The number of hydrogen-bond acceptors (Lipinski definition) is 2. The van der Waals surface area contributed by atoms with E-state index in [-0.39, 0.29) is 18.1 Å². The molecule has 0 saturated heterocycles. The quantitative estimate of drug-likeness (QED) is 0.496. The lowest BCUT2D eigenvalue weighted by Gasteiger charge is -2.19. The summed E-state index contributed by atoms with van der Waals surface area (Å²) in [6.07, 6.45) is 3.27. The SMILES string of the molecule is CC1C(O)CCCCC1O. The van der Waals surface area contributed by atoms with Crippen LogP contribution in [0.2, 0.25) is 0 Å². The highest BCUT2D eigenvalue weighted by Gasteiger charge is 2.24. The van der Waals surface area contributed by atoms with Crippen molar-refractivity contribution < 1.29 is 10.2 Å². The smallest absolute Gasteiger partial charge is 0.0590 e. The Kier molecular flexibility index (Phi) is 2.69. The average Bonchev–Trinajstić information content (AvgIpc) is 2.04. The molecule has 2 nitrogen and oxygen atoms in total. The summed E-state index contributed by atoms with van der Waals surface area (Å²) >= 11 is 0. The van der Waals surface area contributed by atoms with E-state index >= 15 is 0 Å². The van der Waals surface area contributed by atoms with Gasteiger partial charge in [0, 0.05) is 5.92 Å². The standard InChI is InChI=1S/C8H16O2/c1-6-7(9)4-2-3-5-8(6)10/h6-10H,2-5H2,1H3. The Morgan fingerprint density at radius 2 is 1.40 bits per heavy atom. The number of aliphatic hydroxyl groups excluding tert-OH is 2. The van der Waals surface area contributed by atoms with Crippen LogP contribution in [0.1, 0.15) is 32.6 Å². The van der Waals surface area contributed by atoms with Gasteiger partial charge in [-0.15, -0.1) is 0 Å². The van der Waals surface area contributed by atoms with Crippen LogP contribution >= 0.6 is 0 Å². The van der Waals surface area contributed by atoms with Gasteiger partial charge in [0.05, 0.1) is 12.2 Å². The molecule has 1 fully saturated rings. The summed E-state index contributed by atoms with van der Waals surface area (Å²) in [7, 11) is 0. The van der Waals surface area contributed by atoms with Gasteiger partial charge in [0.25, 0.3) is 0 Å². The van der Waals surface area contributed by atoms with Crippen LogP contribution in [0.5, 0.6) is 0 Å². The molecule has 1 aliphatic carbocycles. The van der Waals surface area contributed by atoms with Gasteiger partial charge in [0.15, 0.2) is 0 Å². The second kappa shape index (κ2) is 3.35. The van der Waals surface area contributed by atoms with Crippen LogP contribution < -0.4 is 0 Å². The molecule has 0 radical (unpaired) electrons. The van der Waals surface area contributed by atoms with Gasteiger partial charge >= 0.3 is 0 Å². The molecule has 0 aromatic heterocycles. The minimum absolute atomic E-state index is 0.0718. The summed E-state index contributed by atoms with van der Waals surface area (Å²) in [5.41, 5.74) is 0. The molecule has 2 atom stereocenters. The molecule has 2 heteroatoms. The van der Waals surface area contributed by atoms with Crippen LogP contribution in [0.3, 0.4) is 0 Å². The predicted octanol–water partition coefficient (Wildman–Crippen LogP) is 0.918. The Balaban J connectivity index is 2.46. The summed E-state index contributed by atoms with van der Waals surface area (Å²) in [5, 5.41) is 18.7. The average molecular weight is 144 g/mol. The van der Waals surface area contributed by atoms with Crippen molar-refractivity contribution >= 4 is 0 Å². The van der Waals surface area contributed by atoms with Crippen molar-refractivity contribution in [1.29, 1.82) is 0 Å². The summed E-state index contributed by atoms with van der Waals surface area (Å²) in [4.78, 5) is 0. The van der Waals surface area contributed by atoms with Gasteiger partial charge in [-0.3, -0.25) is 0 Å². The van der Waals surface area contributed by atoms with Crippen molar-refractivity contribution in [3.8, 4) is 0 Å². The minimum Gasteiger partial charge on any atom is -0.393 e. The molecule has 0 aromatic carbocycles. The maximum Gasteiger partial charge on any atom is 0.0590 e. The molecule has 0 aromatic rings. The Hall–Kier alpha value is -0.0800. The Morgan fingerprint density at radius 3 is 1.80 bits per heavy atom. The van der Waals surface area contributed by atoms with Gasteiger partial charge in [-0.25, -0.2) is 0 Å². The van der Waals surface area contributed by atoms with Gasteiger partial charge in [0.1, 0.15) is 0 Å². The predicted molar refractivity (Wildman–Crippen MR) is 39.6 cm³/mol. The first-order valence-corrected chi connectivity index (χ1v) is 4.08.